The molecule has 0 aliphatic carbocycles. The minimum absolute atomic E-state index is 0.222. The van der Waals surface area contributed by atoms with E-state index in [0.717, 1.165) is 11.2 Å². The molecule has 5 nitrogen and oxygen atoms in total. The predicted octanol–water partition coefficient (Wildman–Crippen LogP) is 5.38. The van der Waals surface area contributed by atoms with Gasteiger partial charge < -0.3 is 19.6 Å². The van der Waals surface area contributed by atoms with E-state index in [1.165, 1.54) is 56.0 Å². The minimum atomic E-state index is -0.222. The van der Waals surface area contributed by atoms with Crippen LogP contribution in [0.3, 0.4) is 0 Å². The summed E-state index contributed by atoms with van der Waals surface area (Å²) in [5.74, 6) is 0.665. The average molecular weight is 380 g/mol. The number of H-pyrrole nitrogens is 1. The summed E-state index contributed by atoms with van der Waals surface area (Å²) in [7, 11) is 0. The van der Waals surface area contributed by atoms with Gasteiger partial charge in [-0.1, -0.05) is 13.8 Å². The number of likely N-dealkylation sites (tertiary alicyclic amines) is 1. The number of nitrogens with one attached hydrogen (secondary N) is 2. The van der Waals surface area contributed by atoms with Gasteiger partial charge in [-0.15, -0.1) is 0 Å². The van der Waals surface area contributed by atoms with Crippen LogP contribution < -0.4 is 5.32 Å². The zero-order valence-corrected chi connectivity index (χ0v) is 16.7. The SMILES string of the molecule is CCC(CC)N1CCC(c2c[nH]c3ccc(NC(=O)c4ccco4)cc23)CC1. The molecule has 5 heteroatoms. The molecule has 0 radical (unpaired) electrons. The van der Waals surface area contributed by atoms with Gasteiger partial charge in [-0.05, 0) is 80.6 Å². The van der Waals surface area contributed by atoms with E-state index in [0.29, 0.717) is 17.7 Å². The third kappa shape index (κ3) is 3.72. The molecule has 148 valence electrons. The maximum Gasteiger partial charge on any atom is 0.291 e. The van der Waals surface area contributed by atoms with Gasteiger partial charge in [0.25, 0.3) is 5.91 Å². The van der Waals surface area contributed by atoms with E-state index in [-0.39, 0.29) is 5.91 Å². The highest BCUT2D eigenvalue weighted by atomic mass is 16.3. The largest absolute Gasteiger partial charge is 0.459 e. The molecule has 0 spiro atoms. The van der Waals surface area contributed by atoms with Gasteiger partial charge in [0.15, 0.2) is 5.76 Å². The second kappa shape index (κ2) is 8.23. The highest BCUT2D eigenvalue weighted by Gasteiger charge is 2.25. The molecule has 2 aromatic heterocycles. The fourth-order valence-corrected chi connectivity index (χ4v) is 4.54. The molecule has 0 saturated carbocycles. The molecule has 0 unspecified atom stereocenters. The van der Waals surface area contributed by atoms with Gasteiger partial charge in [0.2, 0.25) is 0 Å². The van der Waals surface area contributed by atoms with Crippen LogP contribution in [-0.4, -0.2) is 34.9 Å². The van der Waals surface area contributed by atoms with Gasteiger partial charge >= 0.3 is 0 Å². The van der Waals surface area contributed by atoms with Gasteiger partial charge in [0.05, 0.1) is 6.26 Å². The molecular weight excluding hydrogens is 350 g/mol. The zero-order chi connectivity index (χ0) is 19.5. The quantitative estimate of drug-likeness (QED) is 0.604. The highest BCUT2D eigenvalue weighted by molar-refractivity contribution is 6.03. The van der Waals surface area contributed by atoms with Crippen LogP contribution in [0.2, 0.25) is 0 Å². The zero-order valence-electron chi connectivity index (χ0n) is 16.7. The van der Waals surface area contributed by atoms with Crippen LogP contribution in [0.25, 0.3) is 10.9 Å². The summed E-state index contributed by atoms with van der Waals surface area (Å²) in [6, 6.07) is 10.1. The Kier molecular flexibility index (Phi) is 5.53. The Labute approximate surface area is 166 Å². The maximum atomic E-state index is 12.3. The Morgan fingerprint density at radius 3 is 2.71 bits per heavy atom. The highest BCUT2D eigenvalue weighted by Crippen LogP contribution is 2.35. The van der Waals surface area contributed by atoms with Crippen LogP contribution in [-0.2, 0) is 0 Å². The molecule has 1 amide bonds. The number of hydrogen-bond donors (Lipinski definition) is 2. The molecule has 0 bridgehead atoms. The monoisotopic (exact) mass is 379 g/mol. The molecule has 1 fully saturated rings. The van der Waals surface area contributed by atoms with E-state index in [2.05, 4.69) is 41.3 Å². The second-order valence-corrected chi connectivity index (χ2v) is 7.72. The third-order valence-electron chi connectivity index (χ3n) is 6.14. The number of carbonyl (C=O) groups is 1. The fourth-order valence-electron chi connectivity index (χ4n) is 4.54. The van der Waals surface area contributed by atoms with Gasteiger partial charge in [-0.2, -0.15) is 0 Å². The number of rotatable bonds is 6. The van der Waals surface area contributed by atoms with Gasteiger partial charge in [0, 0.05) is 28.8 Å². The molecule has 1 saturated heterocycles. The summed E-state index contributed by atoms with van der Waals surface area (Å²) in [6.45, 7) is 6.91. The average Bonchev–Trinajstić information content (AvgIpc) is 3.39. The van der Waals surface area contributed by atoms with Crippen LogP contribution in [0.1, 0.15) is 61.6 Å². The smallest absolute Gasteiger partial charge is 0.291 e. The summed E-state index contributed by atoms with van der Waals surface area (Å²) in [4.78, 5) is 18.3. The predicted molar refractivity (Wildman–Crippen MR) is 113 cm³/mol. The first-order valence-electron chi connectivity index (χ1n) is 10.4. The summed E-state index contributed by atoms with van der Waals surface area (Å²) >= 11 is 0. The molecule has 1 aromatic carbocycles. The van der Waals surface area contributed by atoms with Crippen molar-refractivity contribution in [1.82, 2.24) is 9.88 Å². The number of aromatic amines is 1. The van der Waals surface area contributed by atoms with E-state index < -0.39 is 0 Å². The molecular formula is C23H29N3O2. The first-order chi connectivity index (χ1) is 13.7. The number of amides is 1. The maximum absolute atomic E-state index is 12.3. The molecule has 1 aliphatic rings. The van der Waals surface area contributed by atoms with E-state index in [9.17, 15) is 4.79 Å². The Morgan fingerprint density at radius 2 is 2.04 bits per heavy atom. The lowest BCUT2D eigenvalue weighted by molar-refractivity contribution is 0.0996. The van der Waals surface area contributed by atoms with E-state index >= 15 is 0 Å². The molecule has 2 N–H and O–H groups in total. The Bertz CT molecular complexity index is 917. The van der Waals surface area contributed by atoms with Crippen LogP contribution in [0.4, 0.5) is 5.69 Å². The summed E-state index contributed by atoms with van der Waals surface area (Å²) in [6.07, 6.45) is 8.50. The van der Waals surface area contributed by atoms with Crippen LogP contribution >= 0.6 is 0 Å². The first kappa shape index (κ1) is 18.8. The third-order valence-corrected chi connectivity index (χ3v) is 6.14. The number of benzene rings is 1. The van der Waals surface area contributed by atoms with Crippen LogP contribution in [0.15, 0.2) is 47.2 Å². The lowest BCUT2D eigenvalue weighted by Crippen LogP contribution is -2.40. The Balaban J connectivity index is 1.50. The van der Waals surface area contributed by atoms with Crippen molar-refractivity contribution < 1.29 is 9.21 Å². The van der Waals surface area contributed by atoms with Crippen molar-refractivity contribution in [2.75, 3.05) is 18.4 Å². The number of nitrogens with zero attached hydrogens (tertiary/aromatic N) is 1. The topological polar surface area (TPSA) is 61.3 Å². The second-order valence-electron chi connectivity index (χ2n) is 7.72. The van der Waals surface area contributed by atoms with E-state index in [1.54, 1.807) is 12.1 Å². The number of furan rings is 1. The number of piperidine rings is 1. The van der Waals surface area contributed by atoms with Crippen molar-refractivity contribution in [2.45, 2.75) is 51.5 Å². The van der Waals surface area contributed by atoms with E-state index in [1.807, 2.05) is 12.1 Å². The standard InChI is InChI=1S/C23H29N3O2/c1-3-18(4-2)26-11-9-16(10-12-26)20-15-24-21-8-7-17(14-19(20)21)25-23(27)22-6-5-13-28-22/h5-8,13-16,18,24H,3-4,9-12H2,1-2H3,(H,25,27). The minimum Gasteiger partial charge on any atom is -0.459 e. The lowest BCUT2D eigenvalue weighted by atomic mass is 9.88. The Morgan fingerprint density at radius 1 is 1.25 bits per heavy atom. The van der Waals surface area contributed by atoms with Crippen molar-refractivity contribution >= 4 is 22.5 Å². The molecule has 3 heterocycles. The molecule has 3 aromatic rings. The first-order valence-corrected chi connectivity index (χ1v) is 10.4. The van der Waals surface area contributed by atoms with Crippen molar-refractivity contribution in [3.63, 3.8) is 0 Å². The number of fused-ring (bicyclic) bond motifs is 1. The van der Waals surface area contributed by atoms with Crippen LogP contribution in [0, 0.1) is 0 Å². The van der Waals surface area contributed by atoms with E-state index in [4.69, 9.17) is 4.42 Å². The summed E-state index contributed by atoms with van der Waals surface area (Å²) < 4.78 is 5.18. The molecule has 1 aliphatic heterocycles. The number of hydrogen-bond acceptors (Lipinski definition) is 3. The molecule has 28 heavy (non-hydrogen) atoms. The Hall–Kier alpha value is -2.53. The fraction of sp³-hybridized carbons (Fsp3) is 0.435. The summed E-state index contributed by atoms with van der Waals surface area (Å²) in [5, 5.41) is 4.15. The van der Waals surface area contributed by atoms with Crippen molar-refractivity contribution in [2.24, 2.45) is 0 Å². The van der Waals surface area contributed by atoms with Gasteiger partial charge in [-0.3, -0.25) is 4.79 Å². The molecule has 4 rings (SSSR count). The van der Waals surface area contributed by atoms with Crippen molar-refractivity contribution in [3.8, 4) is 0 Å². The molecule has 0 atom stereocenters. The number of carbonyl (C=O) groups excluding carboxylic acids is 1. The number of aromatic nitrogens is 1. The number of anilines is 1. The van der Waals surface area contributed by atoms with Crippen LogP contribution in [0.5, 0.6) is 0 Å². The lowest BCUT2D eigenvalue weighted by Gasteiger charge is -2.37. The summed E-state index contributed by atoms with van der Waals surface area (Å²) in [5.41, 5.74) is 3.28. The van der Waals surface area contributed by atoms with Gasteiger partial charge in [0.1, 0.15) is 0 Å². The van der Waals surface area contributed by atoms with Crippen molar-refractivity contribution in [3.05, 3.63) is 54.1 Å². The van der Waals surface area contributed by atoms with Gasteiger partial charge in [-0.25, -0.2) is 0 Å². The van der Waals surface area contributed by atoms with Crippen molar-refractivity contribution in [1.29, 1.82) is 0 Å². The normalized spacial score (nSPS) is 16.1.